The molecule has 0 radical (unpaired) electrons. The van der Waals surface area contributed by atoms with Gasteiger partial charge in [-0.25, -0.2) is 4.79 Å². The highest BCUT2D eigenvalue weighted by Gasteiger charge is 2.14. The zero-order valence-corrected chi connectivity index (χ0v) is 16.2. The van der Waals surface area contributed by atoms with Gasteiger partial charge in [-0.15, -0.1) is 0 Å². The average Bonchev–Trinajstić information content (AvgIpc) is 2.68. The molecule has 7 heteroatoms. The molecule has 2 aromatic carbocycles. The maximum absolute atomic E-state index is 12.3. The van der Waals surface area contributed by atoms with Crippen LogP contribution in [0.25, 0.3) is 0 Å². The van der Waals surface area contributed by atoms with Gasteiger partial charge < -0.3 is 24.6 Å². The van der Waals surface area contributed by atoms with Crippen LogP contribution in [0.15, 0.2) is 42.5 Å². The van der Waals surface area contributed by atoms with E-state index in [2.05, 4.69) is 5.32 Å². The molecule has 1 atom stereocenters. The monoisotopic (exact) mass is 387 g/mol. The number of aromatic carboxylic acids is 1. The number of ether oxygens (including phenoxy) is 3. The first-order valence-electron chi connectivity index (χ1n) is 8.86. The van der Waals surface area contributed by atoms with Gasteiger partial charge >= 0.3 is 5.97 Å². The summed E-state index contributed by atoms with van der Waals surface area (Å²) in [6.45, 7) is 2.75. The first kappa shape index (κ1) is 21.2. The summed E-state index contributed by atoms with van der Waals surface area (Å²) in [6, 6.07) is 11.6. The molecule has 0 fully saturated rings. The van der Waals surface area contributed by atoms with Gasteiger partial charge in [0, 0.05) is 7.11 Å². The minimum Gasteiger partial charge on any atom is -0.493 e. The Labute approximate surface area is 164 Å². The molecular formula is C21H25NO6. The molecule has 2 aromatic rings. The Morgan fingerprint density at radius 3 is 2.54 bits per heavy atom. The molecule has 0 heterocycles. The molecule has 28 heavy (non-hydrogen) atoms. The number of carbonyl (C=O) groups is 2. The molecule has 0 spiro atoms. The van der Waals surface area contributed by atoms with E-state index in [1.54, 1.807) is 32.4 Å². The number of carboxylic acids is 1. The molecule has 1 unspecified atom stereocenters. The van der Waals surface area contributed by atoms with Crippen LogP contribution in [0.3, 0.4) is 0 Å². The maximum atomic E-state index is 12.3. The molecule has 1 amide bonds. The Bertz CT molecular complexity index is 820. The summed E-state index contributed by atoms with van der Waals surface area (Å²) in [4.78, 5) is 23.4. The first-order valence-corrected chi connectivity index (χ1v) is 8.86. The van der Waals surface area contributed by atoms with E-state index in [1.807, 2.05) is 19.1 Å². The van der Waals surface area contributed by atoms with E-state index in [9.17, 15) is 9.59 Å². The smallest absolute Gasteiger partial charge is 0.335 e. The molecule has 7 nitrogen and oxygen atoms in total. The van der Waals surface area contributed by atoms with Crippen molar-refractivity contribution >= 4 is 11.9 Å². The largest absolute Gasteiger partial charge is 0.493 e. The maximum Gasteiger partial charge on any atom is 0.335 e. The standard InChI is InChI=1S/C21H25NO6/c1-14(16-7-8-18(19(13-16)27-3)28-10-9-26-2)22-20(23)12-15-5-4-6-17(11-15)21(24)25/h4-8,11,13-14H,9-10,12H2,1-3H3,(H,22,23)(H,24,25). The fourth-order valence-electron chi connectivity index (χ4n) is 2.68. The molecule has 150 valence electrons. The fraction of sp³-hybridized carbons (Fsp3) is 0.333. The number of rotatable bonds is 10. The number of carbonyl (C=O) groups excluding carboxylic acids is 1. The van der Waals surface area contributed by atoms with Gasteiger partial charge in [-0.1, -0.05) is 18.2 Å². The van der Waals surface area contributed by atoms with Crippen LogP contribution >= 0.6 is 0 Å². The van der Waals surface area contributed by atoms with Gasteiger partial charge in [0.2, 0.25) is 5.91 Å². The van der Waals surface area contributed by atoms with Crippen LogP contribution in [-0.4, -0.2) is 44.4 Å². The number of methoxy groups -OCH3 is 2. The van der Waals surface area contributed by atoms with Gasteiger partial charge in [0.1, 0.15) is 6.61 Å². The molecule has 0 aromatic heterocycles. The van der Waals surface area contributed by atoms with E-state index in [4.69, 9.17) is 19.3 Å². The van der Waals surface area contributed by atoms with Crippen LogP contribution in [-0.2, 0) is 16.0 Å². The minimum absolute atomic E-state index is 0.0980. The Morgan fingerprint density at radius 2 is 1.86 bits per heavy atom. The normalized spacial score (nSPS) is 11.5. The van der Waals surface area contributed by atoms with Crippen molar-refractivity contribution in [2.75, 3.05) is 27.4 Å². The zero-order chi connectivity index (χ0) is 20.5. The molecule has 0 aliphatic carbocycles. The third-order valence-electron chi connectivity index (χ3n) is 4.15. The van der Waals surface area contributed by atoms with Gasteiger partial charge in [0.25, 0.3) is 0 Å². The molecular weight excluding hydrogens is 362 g/mol. The molecule has 0 aliphatic rings. The van der Waals surface area contributed by atoms with E-state index >= 15 is 0 Å². The lowest BCUT2D eigenvalue weighted by molar-refractivity contribution is -0.121. The summed E-state index contributed by atoms with van der Waals surface area (Å²) < 4.78 is 15.9. The lowest BCUT2D eigenvalue weighted by atomic mass is 10.1. The fourth-order valence-corrected chi connectivity index (χ4v) is 2.68. The summed E-state index contributed by atoms with van der Waals surface area (Å²) in [7, 11) is 3.16. The van der Waals surface area contributed by atoms with Crippen LogP contribution in [0.5, 0.6) is 11.5 Å². The molecule has 2 rings (SSSR count). The number of amides is 1. The first-order chi connectivity index (χ1) is 13.4. The topological polar surface area (TPSA) is 94.1 Å². The van der Waals surface area contributed by atoms with Gasteiger partial charge in [0.05, 0.1) is 31.7 Å². The van der Waals surface area contributed by atoms with Gasteiger partial charge in [-0.3, -0.25) is 4.79 Å². The lowest BCUT2D eigenvalue weighted by Crippen LogP contribution is -2.28. The molecule has 2 N–H and O–H groups in total. The zero-order valence-electron chi connectivity index (χ0n) is 16.2. The number of hydrogen-bond donors (Lipinski definition) is 2. The van der Waals surface area contributed by atoms with Gasteiger partial charge in [-0.05, 0) is 42.3 Å². The van der Waals surface area contributed by atoms with E-state index in [0.29, 0.717) is 30.3 Å². The lowest BCUT2D eigenvalue weighted by Gasteiger charge is -2.17. The number of hydrogen-bond acceptors (Lipinski definition) is 5. The predicted molar refractivity (Wildman–Crippen MR) is 104 cm³/mol. The number of carboxylic acid groups (broad SMARTS) is 1. The second-order valence-corrected chi connectivity index (χ2v) is 6.22. The molecule has 0 saturated heterocycles. The SMILES string of the molecule is COCCOc1ccc(C(C)NC(=O)Cc2cccc(C(=O)O)c2)cc1OC. The average molecular weight is 387 g/mol. The van der Waals surface area contributed by atoms with Crippen LogP contribution in [0.2, 0.25) is 0 Å². The predicted octanol–water partition coefficient (Wildman–Crippen LogP) is 2.84. The molecule has 0 saturated carbocycles. The second-order valence-electron chi connectivity index (χ2n) is 6.22. The van der Waals surface area contributed by atoms with Gasteiger partial charge in [-0.2, -0.15) is 0 Å². The van der Waals surface area contributed by atoms with Crippen LogP contribution in [0.4, 0.5) is 0 Å². The minimum atomic E-state index is -1.02. The van der Waals surface area contributed by atoms with E-state index in [0.717, 1.165) is 5.56 Å². The third kappa shape index (κ3) is 5.99. The van der Waals surface area contributed by atoms with Crippen molar-refractivity contribution in [3.05, 3.63) is 59.2 Å². The highest BCUT2D eigenvalue weighted by atomic mass is 16.5. The van der Waals surface area contributed by atoms with Crippen molar-refractivity contribution in [1.82, 2.24) is 5.32 Å². The number of benzene rings is 2. The summed E-state index contributed by atoms with van der Waals surface area (Å²) >= 11 is 0. The Balaban J connectivity index is 2.01. The molecule has 0 bridgehead atoms. The summed E-state index contributed by atoms with van der Waals surface area (Å²) in [5, 5.41) is 12.0. The van der Waals surface area contributed by atoms with Crippen LogP contribution < -0.4 is 14.8 Å². The van der Waals surface area contributed by atoms with Gasteiger partial charge in [0.15, 0.2) is 11.5 Å². The van der Waals surface area contributed by atoms with E-state index in [1.165, 1.54) is 12.1 Å². The van der Waals surface area contributed by atoms with Crippen molar-refractivity contribution in [3.8, 4) is 11.5 Å². The van der Waals surface area contributed by atoms with Crippen molar-refractivity contribution < 1.29 is 28.9 Å². The quantitative estimate of drug-likeness (QED) is 0.609. The Hall–Kier alpha value is -3.06. The third-order valence-corrected chi connectivity index (χ3v) is 4.15. The second kappa shape index (κ2) is 10.3. The van der Waals surface area contributed by atoms with Crippen molar-refractivity contribution in [2.24, 2.45) is 0 Å². The summed E-state index contributed by atoms with van der Waals surface area (Å²) in [6.07, 6.45) is 0.0980. The van der Waals surface area contributed by atoms with Crippen molar-refractivity contribution in [3.63, 3.8) is 0 Å². The van der Waals surface area contributed by atoms with Crippen LogP contribution in [0.1, 0.15) is 34.5 Å². The van der Waals surface area contributed by atoms with Crippen molar-refractivity contribution in [1.29, 1.82) is 0 Å². The highest BCUT2D eigenvalue weighted by Crippen LogP contribution is 2.30. The summed E-state index contributed by atoms with van der Waals surface area (Å²) in [5.41, 5.74) is 1.67. The van der Waals surface area contributed by atoms with E-state index < -0.39 is 5.97 Å². The van der Waals surface area contributed by atoms with Crippen molar-refractivity contribution in [2.45, 2.75) is 19.4 Å². The Morgan fingerprint density at radius 1 is 1.07 bits per heavy atom. The summed E-state index contributed by atoms with van der Waals surface area (Å²) in [5.74, 6) is -0.0406. The highest BCUT2D eigenvalue weighted by molar-refractivity contribution is 5.88. The van der Waals surface area contributed by atoms with Crippen LogP contribution in [0, 0.1) is 0 Å². The Kier molecular flexibility index (Phi) is 7.83. The number of nitrogens with one attached hydrogen (secondary N) is 1. The molecule has 0 aliphatic heterocycles. The van der Waals surface area contributed by atoms with E-state index in [-0.39, 0.29) is 23.9 Å².